The van der Waals surface area contributed by atoms with E-state index < -0.39 is 5.76 Å². The number of fused-ring (bicyclic) bond motifs is 1. The Bertz CT molecular complexity index is 1040. The van der Waals surface area contributed by atoms with Crippen molar-refractivity contribution >= 4 is 11.0 Å². The summed E-state index contributed by atoms with van der Waals surface area (Å²) in [5.74, 6) is -0.0103. The summed E-state index contributed by atoms with van der Waals surface area (Å²) >= 11 is 0. The summed E-state index contributed by atoms with van der Waals surface area (Å²) in [4.78, 5) is 20.6. The first-order chi connectivity index (χ1) is 12.3. The van der Waals surface area contributed by atoms with E-state index in [4.69, 9.17) is 4.84 Å². The molecule has 0 atom stereocenters. The molecule has 0 fully saturated rings. The number of nitrogens with zero attached hydrogens (tertiary/aromatic N) is 4. The molecule has 0 bridgehead atoms. The molecule has 0 saturated heterocycles. The Morgan fingerprint density at radius 1 is 1.08 bits per heavy atom. The molecule has 126 valence electrons. The lowest BCUT2D eigenvalue weighted by Crippen LogP contribution is -2.12. The summed E-state index contributed by atoms with van der Waals surface area (Å²) in [5, 5.41) is 11.8. The van der Waals surface area contributed by atoms with Crippen LogP contribution in [0.2, 0.25) is 0 Å². The van der Waals surface area contributed by atoms with Crippen LogP contribution in [0, 0.1) is 0 Å². The maximum atomic E-state index is 10.9. The number of H-pyrrole nitrogens is 1. The van der Waals surface area contributed by atoms with Gasteiger partial charge in [-0.3, -0.25) is 9.51 Å². The molecule has 0 aliphatic rings. The van der Waals surface area contributed by atoms with E-state index in [1.54, 1.807) is 0 Å². The van der Waals surface area contributed by atoms with E-state index in [9.17, 15) is 4.79 Å². The first kappa shape index (κ1) is 15.1. The smallest absolute Gasteiger partial charge is 0.390 e. The van der Waals surface area contributed by atoms with Gasteiger partial charge in [-0.1, -0.05) is 46.4 Å². The molecule has 0 spiro atoms. The lowest BCUT2D eigenvalue weighted by molar-refractivity contribution is 0.0752. The molecule has 2 aromatic carbocycles. The van der Waals surface area contributed by atoms with Crippen LogP contribution in [0.5, 0.6) is 0 Å². The number of rotatable bonds is 6. The van der Waals surface area contributed by atoms with E-state index in [0.717, 1.165) is 22.2 Å². The maximum Gasteiger partial charge on any atom is 0.438 e. The topological polar surface area (TPSA) is 98.8 Å². The molecule has 1 N–H and O–H groups in total. The molecule has 4 aromatic rings. The molecule has 25 heavy (non-hydrogen) atoms. The van der Waals surface area contributed by atoms with Crippen LogP contribution in [0.1, 0.15) is 17.0 Å². The first-order valence-electron chi connectivity index (χ1n) is 7.84. The number of aryl methyl sites for hydroxylation is 2. The minimum atomic E-state index is -0.538. The Kier molecular flexibility index (Phi) is 3.99. The monoisotopic (exact) mass is 337 g/mol. The predicted molar refractivity (Wildman–Crippen MR) is 88.8 cm³/mol. The van der Waals surface area contributed by atoms with E-state index in [1.165, 1.54) is 4.85 Å². The second-order valence-electron chi connectivity index (χ2n) is 5.59. The normalized spacial score (nSPS) is 11.0. The van der Waals surface area contributed by atoms with Crippen molar-refractivity contribution in [3.63, 3.8) is 0 Å². The SMILES string of the molecule is O=c1[nH]c(CCc2ccc3c(c2)nnn3OCc2ccccc2)no1. The minimum absolute atomic E-state index is 0.417. The van der Waals surface area contributed by atoms with Gasteiger partial charge in [0.25, 0.3) is 0 Å². The van der Waals surface area contributed by atoms with Crippen molar-refractivity contribution < 1.29 is 9.36 Å². The third kappa shape index (κ3) is 3.42. The van der Waals surface area contributed by atoms with Gasteiger partial charge in [0.15, 0.2) is 5.82 Å². The lowest BCUT2D eigenvalue weighted by atomic mass is 10.1. The van der Waals surface area contributed by atoms with Crippen LogP contribution in [-0.4, -0.2) is 25.3 Å². The largest absolute Gasteiger partial charge is 0.438 e. The zero-order chi connectivity index (χ0) is 17.1. The van der Waals surface area contributed by atoms with Crippen LogP contribution in [0.25, 0.3) is 11.0 Å². The van der Waals surface area contributed by atoms with Crippen LogP contribution in [0.4, 0.5) is 0 Å². The number of nitrogens with one attached hydrogen (secondary N) is 1. The Labute approximate surface area is 142 Å². The van der Waals surface area contributed by atoms with Crippen LogP contribution >= 0.6 is 0 Å². The molecule has 8 nitrogen and oxygen atoms in total. The molecule has 0 radical (unpaired) electrons. The highest BCUT2D eigenvalue weighted by molar-refractivity contribution is 5.74. The third-order valence-corrected chi connectivity index (χ3v) is 3.81. The van der Waals surface area contributed by atoms with Gasteiger partial charge in [0.2, 0.25) is 0 Å². The van der Waals surface area contributed by atoms with Crippen molar-refractivity contribution in [2.75, 3.05) is 0 Å². The maximum absolute atomic E-state index is 10.9. The van der Waals surface area contributed by atoms with Crippen molar-refractivity contribution in [1.82, 2.24) is 25.3 Å². The van der Waals surface area contributed by atoms with Crippen LogP contribution < -0.4 is 10.6 Å². The zero-order valence-electron chi connectivity index (χ0n) is 13.3. The van der Waals surface area contributed by atoms with Gasteiger partial charge in [-0.2, -0.15) is 0 Å². The summed E-state index contributed by atoms with van der Waals surface area (Å²) < 4.78 is 4.49. The number of hydrogen-bond acceptors (Lipinski definition) is 6. The van der Waals surface area contributed by atoms with Crippen molar-refractivity contribution in [3.05, 3.63) is 76.0 Å². The van der Waals surface area contributed by atoms with E-state index in [2.05, 4.69) is 25.0 Å². The number of benzene rings is 2. The Hall–Kier alpha value is -3.42. The molecule has 0 unspecified atom stereocenters. The van der Waals surface area contributed by atoms with Gasteiger partial charge in [0.05, 0.1) is 0 Å². The molecule has 0 amide bonds. The minimum Gasteiger partial charge on any atom is -0.390 e. The summed E-state index contributed by atoms with van der Waals surface area (Å²) in [7, 11) is 0. The molecule has 0 aliphatic heterocycles. The molecule has 0 saturated carbocycles. The van der Waals surface area contributed by atoms with Gasteiger partial charge >= 0.3 is 5.76 Å². The highest BCUT2D eigenvalue weighted by atomic mass is 16.7. The van der Waals surface area contributed by atoms with Crippen molar-refractivity contribution in [2.24, 2.45) is 0 Å². The Morgan fingerprint density at radius 3 is 2.76 bits per heavy atom. The van der Waals surface area contributed by atoms with Gasteiger partial charge in [-0.15, -0.1) is 5.10 Å². The Morgan fingerprint density at radius 2 is 1.96 bits per heavy atom. The summed E-state index contributed by atoms with van der Waals surface area (Å²) in [5.41, 5.74) is 3.67. The predicted octanol–water partition coefficient (Wildman–Crippen LogP) is 1.52. The molecule has 2 aromatic heterocycles. The summed E-state index contributed by atoms with van der Waals surface area (Å²) in [6.07, 6.45) is 1.28. The standard InChI is InChI=1S/C17H15N5O3/c23-17-18-16(20-25-17)9-7-12-6-8-15-14(10-12)19-21-22(15)24-11-13-4-2-1-3-5-13/h1-6,8,10H,7,9,11H2,(H,18,20,23). The van der Waals surface area contributed by atoms with Crippen molar-refractivity contribution in [1.29, 1.82) is 0 Å². The molecule has 0 aliphatic carbocycles. The van der Waals surface area contributed by atoms with Gasteiger partial charge in [0, 0.05) is 6.42 Å². The molecule has 4 rings (SSSR count). The van der Waals surface area contributed by atoms with E-state index in [1.807, 2.05) is 48.5 Å². The fourth-order valence-electron chi connectivity index (χ4n) is 2.54. The van der Waals surface area contributed by atoms with E-state index in [-0.39, 0.29) is 0 Å². The number of aromatic amines is 1. The van der Waals surface area contributed by atoms with Crippen LogP contribution in [0.15, 0.2) is 57.8 Å². The number of hydrogen-bond donors (Lipinski definition) is 1. The average Bonchev–Trinajstić information content (AvgIpc) is 3.24. The van der Waals surface area contributed by atoms with Crippen molar-refractivity contribution in [2.45, 2.75) is 19.4 Å². The average molecular weight is 337 g/mol. The quantitative estimate of drug-likeness (QED) is 0.573. The van der Waals surface area contributed by atoms with Gasteiger partial charge < -0.3 is 4.84 Å². The molecule has 8 heteroatoms. The number of aromatic nitrogens is 5. The van der Waals surface area contributed by atoms with Crippen LogP contribution in [-0.2, 0) is 19.4 Å². The van der Waals surface area contributed by atoms with Crippen LogP contribution in [0.3, 0.4) is 0 Å². The molecule has 2 heterocycles. The fourth-order valence-corrected chi connectivity index (χ4v) is 2.54. The summed E-state index contributed by atoms with van der Waals surface area (Å²) in [6, 6.07) is 15.7. The van der Waals surface area contributed by atoms with Gasteiger partial charge in [-0.05, 0) is 34.9 Å². The first-order valence-corrected chi connectivity index (χ1v) is 7.84. The Balaban J connectivity index is 1.45. The zero-order valence-corrected chi connectivity index (χ0v) is 13.3. The second-order valence-corrected chi connectivity index (χ2v) is 5.59. The lowest BCUT2D eigenvalue weighted by Gasteiger charge is -2.05. The van der Waals surface area contributed by atoms with E-state index >= 15 is 0 Å². The summed E-state index contributed by atoms with van der Waals surface area (Å²) in [6.45, 7) is 0.417. The van der Waals surface area contributed by atoms with E-state index in [0.29, 0.717) is 25.3 Å². The molecular weight excluding hydrogens is 322 g/mol. The fraction of sp³-hybridized carbons (Fsp3) is 0.176. The van der Waals surface area contributed by atoms with Crippen molar-refractivity contribution in [3.8, 4) is 0 Å². The second kappa shape index (κ2) is 6.60. The van der Waals surface area contributed by atoms with Gasteiger partial charge in [-0.25, -0.2) is 4.79 Å². The highest BCUT2D eigenvalue weighted by Gasteiger charge is 2.08. The van der Waals surface area contributed by atoms with Gasteiger partial charge in [0.1, 0.15) is 17.6 Å². The molecular formula is C17H15N5O3. The third-order valence-electron chi connectivity index (χ3n) is 3.81. The highest BCUT2D eigenvalue weighted by Crippen LogP contribution is 2.14.